The SMILES string of the molecule is CN1CCCN2CCCCC2C1. The Labute approximate surface area is 75.5 Å². The zero-order chi connectivity index (χ0) is 8.39. The lowest BCUT2D eigenvalue weighted by Crippen LogP contribution is -2.43. The normalized spacial score (nSPS) is 34.2. The number of rotatable bonds is 0. The molecule has 0 amide bonds. The van der Waals surface area contributed by atoms with E-state index >= 15 is 0 Å². The van der Waals surface area contributed by atoms with Crippen LogP contribution < -0.4 is 0 Å². The van der Waals surface area contributed by atoms with Gasteiger partial charge in [-0.25, -0.2) is 0 Å². The second-order valence-corrected chi connectivity index (χ2v) is 4.30. The number of piperidine rings is 1. The van der Waals surface area contributed by atoms with Crippen molar-refractivity contribution in [2.24, 2.45) is 0 Å². The van der Waals surface area contributed by atoms with E-state index in [9.17, 15) is 0 Å². The van der Waals surface area contributed by atoms with Gasteiger partial charge in [-0.05, 0) is 45.9 Å². The molecule has 0 radical (unpaired) electrons. The van der Waals surface area contributed by atoms with Crippen molar-refractivity contribution in [2.75, 3.05) is 33.2 Å². The summed E-state index contributed by atoms with van der Waals surface area (Å²) < 4.78 is 0. The number of hydrogen-bond acceptors (Lipinski definition) is 2. The lowest BCUT2D eigenvalue weighted by atomic mass is 10.0. The standard InChI is InChI=1S/C10H20N2/c1-11-6-4-8-12-7-3-2-5-10(12)9-11/h10H,2-9H2,1H3. The fourth-order valence-corrected chi connectivity index (χ4v) is 2.56. The second-order valence-electron chi connectivity index (χ2n) is 4.30. The number of fused-ring (bicyclic) bond motifs is 1. The Morgan fingerprint density at radius 1 is 1.00 bits per heavy atom. The Bertz CT molecular complexity index is 147. The molecule has 0 spiro atoms. The topological polar surface area (TPSA) is 6.48 Å². The molecule has 0 bridgehead atoms. The Morgan fingerprint density at radius 2 is 1.83 bits per heavy atom. The molecule has 1 unspecified atom stereocenters. The molecule has 2 saturated heterocycles. The zero-order valence-corrected chi connectivity index (χ0v) is 8.13. The molecule has 2 aliphatic rings. The van der Waals surface area contributed by atoms with Gasteiger partial charge in [-0.2, -0.15) is 0 Å². The van der Waals surface area contributed by atoms with Gasteiger partial charge in [0.15, 0.2) is 0 Å². The summed E-state index contributed by atoms with van der Waals surface area (Å²) in [5.41, 5.74) is 0. The van der Waals surface area contributed by atoms with Gasteiger partial charge >= 0.3 is 0 Å². The monoisotopic (exact) mass is 168 g/mol. The third kappa shape index (κ3) is 1.80. The van der Waals surface area contributed by atoms with Crippen LogP contribution in [-0.2, 0) is 0 Å². The van der Waals surface area contributed by atoms with E-state index in [1.807, 2.05) is 0 Å². The Morgan fingerprint density at radius 3 is 2.75 bits per heavy atom. The van der Waals surface area contributed by atoms with E-state index in [-0.39, 0.29) is 0 Å². The van der Waals surface area contributed by atoms with Crippen LogP contribution >= 0.6 is 0 Å². The molecule has 1 atom stereocenters. The zero-order valence-electron chi connectivity index (χ0n) is 8.13. The van der Waals surface area contributed by atoms with E-state index in [0.717, 1.165) is 6.04 Å². The highest BCUT2D eigenvalue weighted by Crippen LogP contribution is 2.19. The van der Waals surface area contributed by atoms with Gasteiger partial charge in [0.25, 0.3) is 0 Å². The molecule has 2 heteroatoms. The summed E-state index contributed by atoms with van der Waals surface area (Å²) in [6, 6.07) is 0.881. The minimum absolute atomic E-state index is 0.881. The van der Waals surface area contributed by atoms with Gasteiger partial charge in [0.05, 0.1) is 0 Å². The summed E-state index contributed by atoms with van der Waals surface area (Å²) in [6.07, 6.45) is 5.69. The van der Waals surface area contributed by atoms with Crippen molar-refractivity contribution in [3.63, 3.8) is 0 Å². The van der Waals surface area contributed by atoms with Crippen molar-refractivity contribution in [2.45, 2.75) is 31.7 Å². The van der Waals surface area contributed by atoms with E-state index in [1.54, 1.807) is 0 Å². The van der Waals surface area contributed by atoms with Crippen LogP contribution in [0.3, 0.4) is 0 Å². The average molecular weight is 168 g/mol. The quantitative estimate of drug-likeness (QED) is 0.536. The summed E-state index contributed by atoms with van der Waals surface area (Å²) in [5, 5.41) is 0. The predicted molar refractivity (Wildman–Crippen MR) is 51.3 cm³/mol. The molecule has 0 aromatic carbocycles. The summed E-state index contributed by atoms with van der Waals surface area (Å²) in [7, 11) is 2.26. The fraction of sp³-hybridized carbons (Fsp3) is 1.00. The Balaban J connectivity index is 1.96. The highest BCUT2D eigenvalue weighted by molar-refractivity contribution is 4.81. The van der Waals surface area contributed by atoms with E-state index in [2.05, 4.69) is 16.8 Å². The molecule has 2 nitrogen and oxygen atoms in total. The highest BCUT2D eigenvalue weighted by atomic mass is 15.2. The lowest BCUT2D eigenvalue weighted by molar-refractivity contribution is 0.144. The van der Waals surface area contributed by atoms with Crippen LogP contribution in [-0.4, -0.2) is 49.1 Å². The maximum atomic E-state index is 2.70. The molecule has 12 heavy (non-hydrogen) atoms. The first-order valence-electron chi connectivity index (χ1n) is 5.29. The maximum absolute atomic E-state index is 2.70. The van der Waals surface area contributed by atoms with Gasteiger partial charge < -0.3 is 4.90 Å². The summed E-state index contributed by atoms with van der Waals surface area (Å²) in [6.45, 7) is 5.31. The fourth-order valence-electron chi connectivity index (χ4n) is 2.56. The van der Waals surface area contributed by atoms with Crippen LogP contribution in [0.4, 0.5) is 0 Å². The summed E-state index contributed by atoms with van der Waals surface area (Å²) >= 11 is 0. The summed E-state index contributed by atoms with van der Waals surface area (Å²) in [5.74, 6) is 0. The van der Waals surface area contributed by atoms with Crippen LogP contribution in [0.2, 0.25) is 0 Å². The van der Waals surface area contributed by atoms with Gasteiger partial charge in [0.2, 0.25) is 0 Å². The molecule has 0 aromatic heterocycles. The molecule has 70 valence electrons. The number of nitrogens with zero attached hydrogens (tertiary/aromatic N) is 2. The second kappa shape index (κ2) is 3.75. The molecule has 0 aromatic rings. The van der Waals surface area contributed by atoms with E-state index in [0.29, 0.717) is 0 Å². The van der Waals surface area contributed by atoms with Gasteiger partial charge in [-0.3, -0.25) is 4.90 Å². The van der Waals surface area contributed by atoms with Crippen molar-refractivity contribution in [1.82, 2.24) is 9.80 Å². The first-order valence-corrected chi connectivity index (χ1v) is 5.29. The smallest absolute Gasteiger partial charge is 0.0223 e. The minimum atomic E-state index is 0.881. The lowest BCUT2D eigenvalue weighted by Gasteiger charge is -2.34. The molecule has 0 N–H and O–H groups in total. The molecule has 2 rings (SSSR count). The number of hydrogen-bond donors (Lipinski definition) is 0. The highest BCUT2D eigenvalue weighted by Gasteiger charge is 2.25. The molecule has 0 aliphatic carbocycles. The van der Waals surface area contributed by atoms with Crippen LogP contribution in [0.25, 0.3) is 0 Å². The van der Waals surface area contributed by atoms with Gasteiger partial charge in [-0.15, -0.1) is 0 Å². The summed E-state index contributed by atoms with van der Waals surface area (Å²) in [4.78, 5) is 5.20. The van der Waals surface area contributed by atoms with Crippen molar-refractivity contribution in [3.05, 3.63) is 0 Å². The number of likely N-dealkylation sites (N-methyl/N-ethyl adjacent to an activating group) is 1. The molecular formula is C10H20N2. The van der Waals surface area contributed by atoms with Gasteiger partial charge in [-0.1, -0.05) is 6.42 Å². The molecular weight excluding hydrogens is 148 g/mol. The van der Waals surface area contributed by atoms with Crippen LogP contribution in [0, 0.1) is 0 Å². The third-order valence-electron chi connectivity index (χ3n) is 3.26. The molecule has 2 aliphatic heterocycles. The van der Waals surface area contributed by atoms with Gasteiger partial charge in [0.1, 0.15) is 0 Å². The van der Waals surface area contributed by atoms with Crippen molar-refractivity contribution in [3.8, 4) is 0 Å². The van der Waals surface area contributed by atoms with E-state index < -0.39 is 0 Å². The van der Waals surface area contributed by atoms with Crippen LogP contribution in [0.15, 0.2) is 0 Å². The van der Waals surface area contributed by atoms with Crippen molar-refractivity contribution < 1.29 is 0 Å². The van der Waals surface area contributed by atoms with E-state index in [4.69, 9.17) is 0 Å². The third-order valence-corrected chi connectivity index (χ3v) is 3.26. The van der Waals surface area contributed by atoms with Crippen LogP contribution in [0.1, 0.15) is 25.7 Å². The minimum Gasteiger partial charge on any atom is -0.305 e. The Kier molecular flexibility index (Phi) is 2.66. The predicted octanol–water partition coefficient (Wildman–Crippen LogP) is 1.18. The average Bonchev–Trinajstić information content (AvgIpc) is 2.25. The van der Waals surface area contributed by atoms with Crippen molar-refractivity contribution in [1.29, 1.82) is 0 Å². The van der Waals surface area contributed by atoms with Crippen LogP contribution in [0.5, 0.6) is 0 Å². The van der Waals surface area contributed by atoms with Gasteiger partial charge in [0, 0.05) is 12.6 Å². The van der Waals surface area contributed by atoms with E-state index in [1.165, 1.54) is 51.9 Å². The largest absolute Gasteiger partial charge is 0.305 e. The Hall–Kier alpha value is -0.0800. The first kappa shape index (κ1) is 8.52. The molecule has 2 heterocycles. The first-order chi connectivity index (χ1) is 5.86. The molecule has 0 saturated carbocycles. The molecule has 2 fully saturated rings. The maximum Gasteiger partial charge on any atom is 0.0223 e. The van der Waals surface area contributed by atoms with Crippen molar-refractivity contribution >= 4 is 0 Å².